The molecule has 1 heterocycles. The van der Waals surface area contributed by atoms with Gasteiger partial charge in [-0.05, 0) is 43.8 Å². The summed E-state index contributed by atoms with van der Waals surface area (Å²) < 4.78 is 6.22. The van der Waals surface area contributed by atoms with Crippen molar-refractivity contribution in [1.29, 1.82) is 0 Å². The fourth-order valence-corrected chi connectivity index (χ4v) is 7.61. The van der Waals surface area contributed by atoms with Crippen LogP contribution >= 0.6 is 0 Å². The highest BCUT2D eigenvalue weighted by Crippen LogP contribution is 2.42. The number of rotatable bonds is 5. The van der Waals surface area contributed by atoms with Crippen molar-refractivity contribution in [3.8, 4) is 0 Å². The zero-order valence-electron chi connectivity index (χ0n) is 10.8. The van der Waals surface area contributed by atoms with E-state index in [0.29, 0.717) is 0 Å². The van der Waals surface area contributed by atoms with Crippen LogP contribution in [0.4, 0.5) is 0 Å². The van der Waals surface area contributed by atoms with Gasteiger partial charge in [0.15, 0.2) is 0 Å². The predicted octanol–water partition coefficient (Wildman–Crippen LogP) is 3.43. The van der Waals surface area contributed by atoms with Crippen LogP contribution in [-0.4, -0.2) is 21.6 Å². The van der Waals surface area contributed by atoms with Gasteiger partial charge in [-0.15, -0.1) is 0 Å². The van der Waals surface area contributed by atoms with E-state index in [0.717, 1.165) is 24.2 Å². The fraction of sp³-hybridized carbons (Fsp3) is 1.00. The van der Waals surface area contributed by atoms with Gasteiger partial charge in [0.25, 0.3) is 8.48 Å². The zero-order chi connectivity index (χ0) is 11.3. The van der Waals surface area contributed by atoms with Crippen LogP contribution in [0, 0.1) is 0 Å². The van der Waals surface area contributed by atoms with Crippen molar-refractivity contribution in [2.45, 2.75) is 64.5 Å². The third-order valence-electron chi connectivity index (χ3n) is 3.77. The fourth-order valence-electron chi connectivity index (χ4n) is 2.89. The van der Waals surface area contributed by atoms with E-state index in [1.54, 1.807) is 0 Å². The molecule has 0 aromatic rings. The van der Waals surface area contributed by atoms with Gasteiger partial charge in [-0.2, -0.15) is 0 Å². The number of hydrogen-bond acceptors (Lipinski definition) is 2. The first kappa shape index (κ1) is 13.2. The maximum Gasteiger partial charge on any atom is 0.274 e. The summed E-state index contributed by atoms with van der Waals surface area (Å²) in [5.41, 5.74) is 1.54. The highest BCUT2D eigenvalue weighted by Gasteiger charge is 2.47. The Morgan fingerprint density at radius 1 is 1.20 bits per heavy atom. The summed E-state index contributed by atoms with van der Waals surface area (Å²) in [7, 11) is -1.66. The molecule has 0 bridgehead atoms. The molecule has 0 aliphatic carbocycles. The normalized spacial score (nSPS) is 36.8. The summed E-state index contributed by atoms with van der Waals surface area (Å²) >= 11 is 0. The Morgan fingerprint density at radius 3 is 2.27 bits per heavy atom. The third-order valence-corrected chi connectivity index (χ3v) is 8.85. The third kappa shape index (κ3) is 2.83. The smallest absolute Gasteiger partial charge is 0.274 e. The van der Waals surface area contributed by atoms with E-state index in [2.05, 4.69) is 32.7 Å². The van der Waals surface area contributed by atoms with E-state index in [1.165, 1.54) is 25.7 Å². The lowest BCUT2D eigenvalue weighted by molar-refractivity contribution is 0.273. The molecule has 0 radical (unpaired) electrons. The van der Waals surface area contributed by atoms with Crippen LogP contribution in [0.5, 0.6) is 0 Å². The first-order chi connectivity index (χ1) is 7.17. The van der Waals surface area contributed by atoms with Gasteiger partial charge in [-0.25, -0.2) is 0 Å². The first-order valence-corrected chi connectivity index (χ1v) is 8.62. The van der Waals surface area contributed by atoms with Crippen LogP contribution in [0.2, 0.25) is 11.1 Å². The molecule has 90 valence electrons. The van der Waals surface area contributed by atoms with E-state index >= 15 is 0 Å². The Labute approximate surface area is 96.0 Å². The molecule has 0 saturated carbocycles. The quantitative estimate of drug-likeness (QED) is 0.729. The standard InChI is InChI=1S/C12H27NOSi/c1-5-10-13-15(14-6-2)11(3)8-7-9-12(15)4/h11-13H,5-10H2,1-4H3. The minimum atomic E-state index is -1.66. The Morgan fingerprint density at radius 2 is 1.80 bits per heavy atom. The van der Waals surface area contributed by atoms with Gasteiger partial charge in [-0.1, -0.05) is 27.2 Å². The molecule has 3 heteroatoms. The van der Waals surface area contributed by atoms with Crippen LogP contribution in [-0.2, 0) is 4.43 Å². The molecular formula is C12H27NOSi. The summed E-state index contributed by atoms with van der Waals surface area (Å²) in [4.78, 5) is 3.80. The molecule has 2 nitrogen and oxygen atoms in total. The van der Waals surface area contributed by atoms with E-state index in [9.17, 15) is 0 Å². The topological polar surface area (TPSA) is 21.3 Å². The Hall–Kier alpha value is 0.137. The van der Waals surface area contributed by atoms with E-state index < -0.39 is 8.48 Å². The lowest BCUT2D eigenvalue weighted by atomic mass is 10.1. The maximum absolute atomic E-state index is 6.22. The average molecular weight is 229 g/mol. The van der Waals surface area contributed by atoms with Gasteiger partial charge >= 0.3 is 0 Å². The molecule has 0 spiro atoms. The van der Waals surface area contributed by atoms with Crippen molar-refractivity contribution in [2.75, 3.05) is 13.2 Å². The van der Waals surface area contributed by atoms with E-state index in [1.807, 2.05) is 0 Å². The average Bonchev–Trinajstić information content (AvgIpc) is 2.22. The van der Waals surface area contributed by atoms with E-state index in [4.69, 9.17) is 4.43 Å². The molecule has 1 rings (SSSR count). The van der Waals surface area contributed by atoms with Gasteiger partial charge in [-0.3, -0.25) is 0 Å². The van der Waals surface area contributed by atoms with Gasteiger partial charge in [0.1, 0.15) is 0 Å². The number of nitrogens with one attached hydrogen (secondary N) is 1. The van der Waals surface area contributed by atoms with Crippen LogP contribution < -0.4 is 4.98 Å². The second-order valence-corrected chi connectivity index (χ2v) is 9.09. The van der Waals surface area contributed by atoms with Crippen LogP contribution in [0.25, 0.3) is 0 Å². The molecule has 0 aromatic heterocycles. The molecule has 1 aliphatic rings. The van der Waals surface area contributed by atoms with Crippen molar-refractivity contribution in [2.24, 2.45) is 0 Å². The van der Waals surface area contributed by atoms with Gasteiger partial charge in [0, 0.05) is 6.61 Å². The highest BCUT2D eigenvalue weighted by molar-refractivity contribution is 6.74. The lowest BCUT2D eigenvalue weighted by Crippen LogP contribution is -2.60. The van der Waals surface area contributed by atoms with Crippen molar-refractivity contribution in [1.82, 2.24) is 4.98 Å². The molecule has 1 saturated heterocycles. The van der Waals surface area contributed by atoms with Crippen molar-refractivity contribution in [3.05, 3.63) is 0 Å². The molecule has 2 unspecified atom stereocenters. The van der Waals surface area contributed by atoms with Crippen LogP contribution in [0.15, 0.2) is 0 Å². The predicted molar refractivity (Wildman–Crippen MR) is 68.4 cm³/mol. The summed E-state index contributed by atoms with van der Waals surface area (Å²) in [6.45, 7) is 11.1. The second-order valence-electron chi connectivity index (χ2n) is 4.89. The lowest BCUT2D eigenvalue weighted by Gasteiger charge is -2.44. The minimum absolute atomic E-state index is 0.771. The van der Waals surface area contributed by atoms with Crippen LogP contribution in [0.3, 0.4) is 0 Å². The summed E-state index contributed by atoms with van der Waals surface area (Å²) in [5, 5.41) is 0. The molecule has 0 amide bonds. The molecular weight excluding hydrogens is 202 g/mol. The molecule has 2 atom stereocenters. The monoisotopic (exact) mass is 229 g/mol. The Bertz CT molecular complexity index is 176. The summed E-state index contributed by atoms with van der Waals surface area (Å²) in [5.74, 6) is 0. The molecule has 0 aromatic carbocycles. The maximum atomic E-state index is 6.22. The first-order valence-electron chi connectivity index (χ1n) is 6.56. The second kappa shape index (κ2) is 6.02. The Balaban J connectivity index is 2.73. The van der Waals surface area contributed by atoms with Crippen LogP contribution in [0.1, 0.15) is 53.4 Å². The SMILES string of the molecule is CCCN[Si]1(OCC)C(C)CCCC1C. The summed E-state index contributed by atoms with van der Waals surface area (Å²) in [6.07, 6.45) is 5.31. The van der Waals surface area contributed by atoms with Gasteiger partial charge in [0.2, 0.25) is 0 Å². The highest BCUT2D eigenvalue weighted by atomic mass is 28.4. The molecule has 15 heavy (non-hydrogen) atoms. The van der Waals surface area contributed by atoms with Crippen molar-refractivity contribution < 1.29 is 4.43 Å². The zero-order valence-corrected chi connectivity index (χ0v) is 11.8. The molecule has 1 fully saturated rings. The van der Waals surface area contributed by atoms with Crippen molar-refractivity contribution >= 4 is 8.48 Å². The minimum Gasteiger partial charge on any atom is -0.403 e. The van der Waals surface area contributed by atoms with Gasteiger partial charge in [0.05, 0.1) is 0 Å². The number of hydrogen-bond donors (Lipinski definition) is 1. The Kier molecular flexibility index (Phi) is 5.30. The van der Waals surface area contributed by atoms with Gasteiger partial charge < -0.3 is 9.41 Å². The largest absolute Gasteiger partial charge is 0.403 e. The van der Waals surface area contributed by atoms with Crippen molar-refractivity contribution in [3.63, 3.8) is 0 Å². The molecule has 1 N–H and O–H groups in total. The summed E-state index contributed by atoms with van der Waals surface area (Å²) in [6, 6.07) is 0. The molecule has 1 aliphatic heterocycles. The van der Waals surface area contributed by atoms with E-state index in [-0.39, 0.29) is 0 Å².